The number of unbranched alkanes of at least 4 members (excludes halogenated alkanes) is 1. The van der Waals surface area contributed by atoms with Crippen molar-refractivity contribution in [3.63, 3.8) is 0 Å². The second-order valence-electron chi connectivity index (χ2n) is 4.68. The van der Waals surface area contributed by atoms with Gasteiger partial charge < -0.3 is 10.0 Å². The number of carbonyl (C=O) groups is 2. The molecule has 2 rings (SSSR count). The zero-order chi connectivity index (χ0) is 13.8. The second-order valence-corrected chi connectivity index (χ2v) is 5.59. The van der Waals surface area contributed by atoms with Crippen molar-refractivity contribution in [2.45, 2.75) is 38.6 Å². The Bertz CT molecular complexity index is 468. The molecule has 1 saturated carbocycles. The number of amides is 2. The van der Waals surface area contributed by atoms with Crippen LogP contribution in [0.5, 0.6) is 0 Å². The lowest BCUT2D eigenvalue weighted by atomic mass is 10.3. The number of hydrogen-bond acceptors (Lipinski definition) is 3. The summed E-state index contributed by atoms with van der Waals surface area (Å²) < 4.78 is 0. The van der Waals surface area contributed by atoms with Gasteiger partial charge in [-0.1, -0.05) is 13.3 Å². The molecule has 0 atom stereocenters. The number of nitrogens with one attached hydrogen (secondary N) is 1. The van der Waals surface area contributed by atoms with Gasteiger partial charge in [0.1, 0.15) is 5.00 Å². The molecule has 1 aromatic rings. The van der Waals surface area contributed by atoms with Crippen LogP contribution in [0.4, 0.5) is 9.80 Å². The molecule has 1 aliphatic rings. The first kappa shape index (κ1) is 13.9. The fourth-order valence-electron chi connectivity index (χ4n) is 1.91. The molecular formula is C13H18N2O3S. The first-order chi connectivity index (χ1) is 9.13. The highest BCUT2D eigenvalue weighted by molar-refractivity contribution is 7.14. The van der Waals surface area contributed by atoms with Crippen molar-refractivity contribution in [3.8, 4) is 0 Å². The van der Waals surface area contributed by atoms with Crippen molar-refractivity contribution in [2.75, 3.05) is 11.9 Å². The molecule has 2 N–H and O–H groups in total. The van der Waals surface area contributed by atoms with Gasteiger partial charge in [0.15, 0.2) is 0 Å². The molecule has 1 heterocycles. The molecule has 104 valence electrons. The zero-order valence-corrected chi connectivity index (χ0v) is 11.7. The summed E-state index contributed by atoms with van der Waals surface area (Å²) in [6.07, 6.45) is 4.11. The Hall–Kier alpha value is -1.56. The molecular weight excluding hydrogens is 264 g/mol. The predicted molar refractivity (Wildman–Crippen MR) is 74.9 cm³/mol. The first-order valence-corrected chi connectivity index (χ1v) is 7.39. The Kier molecular flexibility index (Phi) is 4.42. The van der Waals surface area contributed by atoms with E-state index in [9.17, 15) is 9.59 Å². The average molecular weight is 282 g/mol. The third-order valence-corrected chi connectivity index (χ3v) is 3.95. The molecule has 1 fully saturated rings. The largest absolute Gasteiger partial charge is 0.478 e. The van der Waals surface area contributed by atoms with E-state index in [1.807, 2.05) is 4.90 Å². The number of aromatic carboxylic acids is 1. The summed E-state index contributed by atoms with van der Waals surface area (Å²) in [5, 5.41) is 13.8. The summed E-state index contributed by atoms with van der Waals surface area (Å²) in [4.78, 5) is 25.0. The van der Waals surface area contributed by atoms with E-state index >= 15 is 0 Å². The van der Waals surface area contributed by atoms with E-state index in [0.29, 0.717) is 11.0 Å². The van der Waals surface area contributed by atoms with Crippen molar-refractivity contribution < 1.29 is 14.7 Å². The van der Waals surface area contributed by atoms with E-state index in [1.165, 1.54) is 17.4 Å². The van der Waals surface area contributed by atoms with Crippen LogP contribution in [-0.4, -0.2) is 34.6 Å². The number of hydrogen-bond donors (Lipinski definition) is 2. The van der Waals surface area contributed by atoms with Gasteiger partial charge in [0.2, 0.25) is 0 Å². The summed E-state index contributed by atoms with van der Waals surface area (Å²) in [6.45, 7) is 2.82. The van der Waals surface area contributed by atoms with Gasteiger partial charge in [0.05, 0.1) is 5.56 Å². The Balaban J connectivity index is 2.01. The smallest absolute Gasteiger partial charge is 0.338 e. The molecule has 0 aromatic carbocycles. The van der Waals surface area contributed by atoms with Crippen LogP contribution in [0.1, 0.15) is 43.0 Å². The van der Waals surface area contributed by atoms with E-state index < -0.39 is 5.97 Å². The fourth-order valence-corrected chi connectivity index (χ4v) is 2.68. The predicted octanol–water partition coefficient (Wildman–Crippen LogP) is 3.24. The molecule has 0 radical (unpaired) electrons. The van der Waals surface area contributed by atoms with Crippen molar-refractivity contribution in [1.82, 2.24) is 4.90 Å². The van der Waals surface area contributed by atoms with Crippen LogP contribution in [0.25, 0.3) is 0 Å². The molecule has 0 saturated heterocycles. The highest BCUT2D eigenvalue weighted by Crippen LogP contribution is 2.29. The summed E-state index contributed by atoms with van der Waals surface area (Å²) in [5.74, 6) is -1.01. The maximum absolute atomic E-state index is 12.2. The van der Waals surface area contributed by atoms with Gasteiger partial charge in [-0.25, -0.2) is 9.59 Å². The third-order valence-electron chi connectivity index (χ3n) is 3.12. The molecule has 6 heteroatoms. The lowest BCUT2D eigenvalue weighted by molar-refractivity contribution is 0.0698. The number of urea groups is 1. The van der Waals surface area contributed by atoms with Crippen molar-refractivity contribution in [3.05, 3.63) is 17.0 Å². The highest BCUT2D eigenvalue weighted by atomic mass is 32.1. The van der Waals surface area contributed by atoms with Gasteiger partial charge in [-0.15, -0.1) is 11.3 Å². The average Bonchev–Trinajstić information content (AvgIpc) is 3.09. The molecule has 1 aromatic heterocycles. The maximum atomic E-state index is 12.2. The minimum Gasteiger partial charge on any atom is -0.478 e. The number of anilines is 1. The van der Waals surface area contributed by atoms with E-state index in [2.05, 4.69) is 12.2 Å². The van der Waals surface area contributed by atoms with Crippen LogP contribution in [0, 0.1) is 0 Å². The summed E-state index contributed by atoms with van der Waals surface area (Å²) in [7, 11) is 0. The van der Waals surface area contributed by atoms with Gasteiger partial charge in [-0.3, -0.25) is 5.32 Å². The summed E-state index contributed by atoms with van der Waals surface area (Å²) in [5.41, 5.74) is 0.157. The molecule has 0 unspecified atom stereocenters. The standard InChI is InChI=1S/C13H18N2O3S/c1-2-3-7-15(9-4-5-9)13(18)14-11-10(12(16)17)6-8-19-11/h6,8-9H,2-5,7H2,1H3,(H,14,18)(H,16,17). The van der Waals surface area contributed by atoms with Gasteiger partial charge in [-0.2, -0.15) is 0 Å². The number of carbonyl (C=O) groups excluding carboxylic acids is 1. The molecule has 0 aliphatic heterocycles. The Morgan fingerprint density at radius 3 is 2.84 bits per heavy atom. The molecule has 2 amide bonds. The summed E-state index contributed by atoms with van der Waals surface area (Å²) >= 11 is 1.24. The van der Waals surface area contributed by atoms with Crippen molar-refractivity contribution >= 4 is 28.3 Å². The third kappa shape index (κ3) is 3.47. The van der Waals surface area contributed by atoms with E-state index in [-0.39, 0.29) is 11.6 Å². The quantitative estimate of drug-likeness (QED) is 0.841. The Morgan fingerprint density at radius 1 is 1.53 bits per heavy atom. The number of thiophene rings is 1. The fraction of sp³-hybridized carbons (Fsp3) is 0.538. The van der Waals surface area contributed by atoms with Crippen molar-refractivity contribution in [1.29, 1.82) is 0 Å². The van der Waals surface area contributed by atoms with Crippen LogP contribution in [0.15, 0.2) is 11.4 Å². The van der Waals surface area contributed by atoms with Crippen LogP contribution >= 0.6 is 11.3 Å². The molecule has 1 aliphatic carbocycles. The second kappa shape index (κ2) is 6.06. The first-order valence-electron chi connectivity index (χ1n) is 6.52. The summed E-state index contributed by atoms with van der Waals surface area (Å²) in [6, 6.07) is 1.66. The van der Waals surface area contributed by atoms with Gasteiger partial charge in [0, 0.05) is 12.6 Å². The van der Waals surface area contributed by atoms with Crippen LogP contribution in [0.2, 0.25) is 0 Å². The Morgan fingerprint density at radius 2 is 2.26 bits per heavy atom. The number of carboxylic acids is 1. The van der Waals surface area contributed by atoms with Crippen molar-refractivity contribution in [2.24, 2.45) is 0 Å². The SMILES string of the molecule is CCCCN(C(=O)Nc1sccc1C(=O)O)C1CC1. The minimum absolute atomic E-state index is 0.157. The monoisotopic (exact) mass is 282 g/mol. The number of carboxylic acid groups (broad SMARTS) is 1. The molecule has 0 bridgehead atoms. The molecule has 0 spiro atoms. The van der Waals surface area contributed by atoms with Crippen LogP contribution in [-0.2, 0) is 0 Å². The molecule has 19 heavy (non-hydrogen) atoms. The number of rotatable bonds is 6. The zero-order valence-electron chi connectivity index (χ0n) is 10.9. The Labute approximate surface area is 116 Å². The van der Waals surface area contributed by atoms with Gasteiger partial charge in [0.25, 0.3) is 0 Å². The van der Waals surface area contributed by atoms with E-state index in [4.69, 9.17) is 5.11 Å². The van der Waals surface area contributed by atoms with Gasteiger partial charge >= 0.3 is 12.0 Å². The number of nitrogens with zero attached hydrogens (tertiary/aromatic N) is 1. The topological polar surface area (TPSA) is 69.6 Å². The maximum Gasteiger partial charge on any atom is 0.338 e. The minimum atomic E-state index is -1.01. The van der Waals surface area contributed by atoms with E-state index in [0.717, 1.165) is 32.2 Å². The lowest BCUT2D eigenvalue weighted by Crippen LogP contribution is -2.37. The lowest BCUT2D eigenvalue weighted by Gasteiger charge is -2.22. The normalized spacial score (nSPS) is 14.2. The van der Waals surface area contributed by atoms with E-state index in [1.54, 1.807) is 5.38 Å². The van der Waals surface area contributed by atoms with Gasteiger partial charge in [-0.05, 0) is 30.7 Å². The molecule has 5 nitrogen and oxygen atoms in total. The van der Waals surface area contributed by atoms with Crippen LogP contribution in [0.3, 0.4) is 0 Å². The van der Waals surface area contributed by atoms with Crippen LogP contribution < -0.4 is 5.32 Å². The highest BCUT2D eigenvalue weighted by Gasteiger charge is 2.32.